The summed E-state index contributed by atoms with van der Waals surface area (Å²) in [6.07, 6.45) is 0. The predicted molar refractivity (Wildman–Crippen MR) is 102 cm³/mol. The zero-order valence-electron chi connectivity index (χ0n) is 15.3. The van der Waals surface area contributed by atoms with Crippen LogP contribution >= 0.6 is 0 Å². The number of ether oxygens (including phenoxy) is 3. The molecular weight excluding hydrogens is 368 g/mol. The summed E-state index contributed by atoms with van der Waals surface area (Å²) in [6, 6.07) is 11.9. The van der Waals surface area contributed by atoms with Gasteiger partial charge in [0, 0.05) is 24.0 Å². The van der Waals surface area contributed by atoms with Crippen LogP contribution in [0.5, 0.6) is 11.5 Å². The van der Waals surface area contributed by atoms with Gasteiger partial charge in [-0.1, -0.05) is 0 Å². The Labute approximate surface area is 158 Å². The second-order valence-electron chi connectivity index (χ2n) is 7.18. The first-order valence-electron chi connectivity index (χ1n) is 8.73. The standard InChI is InChI=1S/C19H22N2O5S/c1-19(2)12-24-10-9-21(19)15-5-3-14(4-6-15)20-27(22,23)16-7-8-17-18(11-16)26-13-25-17/h3-8,11,20H,9-10,12-13H2,1-2H3. The van der Waals surface area contributed by atoms with E-state index in [2.05, 4.69) is 23.5 Å². The molecule has 2 aliphatic rings. The fraction of sp³-hybridized carbons (Fsp3) is 0.368. The zero-order valence-corrected chi connectivity index (χ0v) is 16.1. The molecular formula is C19H22N2O5S. The minimum atomic E-state index is -3.71. The number of sulfonamides is 1. The van der Waals surface area contributed by atoms with Gasteiger partial charge < -0.3 is 19.1 Å². The Hall–Kier alpha value is -2.45. The van der Waals surface area contributed by atoms with Gasteiger partial charge in [0.1, 0.15) is 0 Å². The third-order valence-electron chi connectivity index (χ3n) is 4.73. The van der Waals surface area contributed by atoms with E-state index in [-0.39, 0.29) is 17.2 Å². The normalized spacial score (nSPS) is 18.4. The highest BCUT2D eigenvalue weighted by Crippen LogP contribution is 2.34. The Morgan fingerprint density at radius 3 is 2.52 bits per heavy atom. The van der Waals surface area contributed by atoms with E-state index in [0.29, 0.717) is 30.4 Å². The summed E-state index contributed by atoms with van der Waals surface area (Å²) in [5.74, 6) is 0.981. The van der Waals surface area contributed by atoms with E-state index in [0.717, 1.165) is 12.2 Å². The molecule has 2 aromatic rings. The fourth-order valence-corrected chi connectivity index (χ4v) is 4.38. The molecule has 2 heterocycles. The summed E-state index contributed by atoms with van der Waals surface area (Å²) in [6.45, 7) is 6.50. The lowest BCUT2D eigenvalue weighted by Gasteiger charge is -2.43. The maximum Gasteiger partial charge on any atom is 0.262 e. The number of hydrogen-bond acceptors (Lipinski definition) is 6. The highest BCUT2D eigenvalue weighted by Gasteiger charge is 2.30. The summed E-state index contributed by atoms with van der Waals surface area (Å²) in [5, 5.41) is 0. The van der Waals surface area contributed by atoms with Crippen molar-refractivity contribution in [2.24, 2.45) is 0 Å². The van der Waals surface area contributed by atoms with Crippen LogP contribution in [0, 0.1) is 0 Å². The first-order valence-corrected chi connectivity index (χ1v) is 10.2. The summed E-state index contributed by atoms with van der Waals surface area (Å²) < 4.78 is 44.0. The highest BCUT2D eigenvalue weighted by atomic mass is 32.2. The van der Waals surface area contributed by atoms with Crippen LogP contribution in [0.15, 0.2) is 47.4 Å². The third-order valence-corrected chi connectivity index (χ3v) is 6.11. The van der Waals surface area contributed by atoms with E-state index >= 15 is 0 Å². The quantitative estimate of drug-likeness (QED) is 0.865. The van der Waals surface area contributed by atoms with Crippen molar-refractivity contribution in [2.75, 3.05) is 36.2 Å². The Morgan fingerprint density at radius 2 is 1.78 bits per heavy atom. The van der Waals surface area contributed by atoms with Gasteiger partial charge in [-0.05, 0) is 50.2 Å². The Balaban J connectivity index is 1.52. The van der Waals surface area contributed by atoms with Gasteiger partial charge in [-0.25, -0.2) is 8.42 Å². The molecule has 4 rings (SSSR count). The Kier molecular flexibility index (Phi) is 4.39. The van der Waals surface area contributed by atoms with Crippen LogP contribution in [0.2, 0.25) is 0 Å². The number of nitrogens with zero attached hydrogens (tertiary/aromatic N) is 1. The fourth-order valence-electron chi connectivity index (χ4n) is 3.30. The zero-order chi connectivity index (χ0) is 19.1. The van der Waals surface area contributed by atoms with Gasteiger partial charge in [0.25, 0.3) is 10.0 Å². The van der Waals surface area contributed by atoms with E-state index in [9.17, 15) is 8.42 Å². The first-order chi connectivity index (χ1) is 12.9. The van der Waals surface area contributed by atoms with Crippen molar-refractivity contribution in [1.29, 1.82) is 0 Å². The van der Waals surface area contributed by atoms with Crippen molar-refractivity contribution < 1.29 is 22.6 Å². The molecule has 0 bridgehead atoms. The molecule has 27 heavy (non-hydrogen) atoms. The van der Waals surface area contributed by atoms with Crippen molar-refractivity contribution >= 4 is 21.4 Å². The number of benzene rings is 2. The second kappa shape index (κ2) is 6.61. The van der Waals surface area contributed by atoms with Gasteiger partial charge in [-0.15, -0.1) is 0 Å². The number of rotatable bonds is 4. The van der Waals surface area contributed by atoms with Gasteiger partial charge in [0.05, 0.1) is 23.6 Å². The van der Waals surface area contributed by atoms with Crippen molar-refractivity contribution in [3.8, 4) is 11.5 Å². The number of anilines is 2. The van der Waals surface area contributed by atoms with Crippen molar-refractivity contribution in [1.82, 2.24) is 0 Å². The van der Waals surface area contributed by atoms with Crippen LogP contribution < -0.4 is 19.1 Å². The molecule has 0 aromatic heterocycles. The molecule has 7 nitrogen and oxygen atoms in total. The van der Waals surface area contributed by atoms with Crippen molar-refractivity contribution in [3.05, 3.63) is 42.5 Å². The van der Waals surface area contributed by atoms with Crippen LogP contribution in [0.3, 0.4) is 0 Å². The third kappa shape index (κ3) is 3.54. The van der Waals surface area contributed by atoms with Gasteiger partial charge in [0.2, 0.25) is 6.79 Å². The molecule has 2 aromatic carbocycles. The van der Waals surface area contributed by atoms with Crippen LogP contribution in [0.4, 0.5) is 11.4 Å². The van der Waals surface area contributed by atoms with Crippen LogP contribution in [0.25, 0.3) is 0 Å². The maximum atomic E-state index is 12.7. The van der Waals surface area contributed by atoms with Crippen LogP contribution in [-0.2, 0) is 14.8 Å². The maximum absolute atomic E-state index is 12.7. The predicted octanol–water partition coefficient (Wildman–Crippen LogP) is 2.83. The molecule has 2 aliphatic heterocycles. The van der Waals surface area contributed by atoms with Gasteiger partial charge in [0.15, 0.2) is 11.5 Å². The van der Waals surface area contributed by atoms with E-state index < -0.39 is 10.0 Å². The molecule has 0 spiro atoms. The Morgan fingerprint density at radius 1 is 1.04 bits per heavy atom. The van der Waals surface area contributed by atoms with E-state index in [1.165, 1.54) is 12.1 Å². The molecule has 0 saturated carbocycles. The molecule has 1 saturated heterocycles. The second-order valence-corrected chi connectivity index (χ2v) is 8.87. The summed E-state index contributed by atoms with van der Waals surface area (Å²) in [5.41, 5.74) is 1.43. The summed E-state index contributed by atoms with van der Waals surface area (Å²) in [7, 11) is -3.71. The molecule has 1 N–H and O–H groups in total. The average Bonchev–Trinajstić information content (AvgIpc) is 3.10. The van der Waals surface area contributed by atoms with E-state index in [4.69, 9.17) is 14.2 Å². The monoisotopic (exact) mass is 390 g/mol. The SMILES string of the molecule is CC1(C)COCCN1c1ccc(NS(=O)(=O)c2ccc3c(c2)OCO3)cc1. The molecule has 0 amide bonds. The number of hydrogen-bond donors (Lipinski definition) is 1. The molecule has 0 radical (unpaired) electrons. The molecule has 1 fully saturated rings. The largest absolute Gasteiger partial charge is 0.454 e. The smallest absolute Gasteiger partial charge is 0.262 e. The summed E-state index contributed by atoms with van der Waals surface area (Å²) in [4.78, 5) is 2.40. The van der Waals surface area contributed by atoms with Crippen LogP contribution in [-0.4, -0.2) is 40.5 Å². The van der Waals surface area contributed by atoms with E-state index in [1.54, 1.807) is 18.2 Å². The molecule has 0 atom stereocenters. The van der Waals surface area contributed by atoms with Crippen molar-refractivity contribution in [3.63, 3.8) is 0 Å². The molecule has 8 heteroatoms. The number of nitrogens with one attached hydrogen (secondary N) is 1. The highest BCUT2D eigenvalue weighted by molar-refractivity contribution is 7.92. The lowest BCUT2D eigenvalue weighted by Crippen LogP contribution is -2.53. The average molecular weight is 390 g/mol. The topological polar surface area (TPSA) is 77.1 Å². The molecule has 0 unspecified atom stereocenters. The number of fused-ring (bicyclic) bond motifs is 1. The Bertz CT molecular complexity index is 941. The first kappa shape index (κ1) is 17.9. The van der Waals surface area contributed by atoms with Gasteiger partial charge in [-0.3, -0.25) is 4.72 Å². The van der Waals surface area contributed by atoms with E-state index in [1.807, 2.05) is 12.1 Å². The summed E-state index contributed by atoms with van der Waals surface area (Å²) >= 11 is 0. The minimum Gasteiger partial charge on any atom is -0.454 e. The minimum absolute atomic E-state index is 0.103. The van der Waals surface area contributed by atoms with Crippen molar-refractivity contribution in [2.45, 2.75) is 24.3 Å². The van der Waals surface area contributed by atoms with Crippen LogP contribution in [0.1, 0.15) is 13.8 Å². The molecule has 144 valence electrons. The number of morpholine rings is 1. The van der Waals surface area contributed by atoms with Gasteiger partial charge >= 0.3 is 0 Å². The lowest BCUT2D eigenvalue weighted by molar-refractivity contribution is 0.0644. The van der Waals surface area contributed by atoms with Gasteiger partial charge in [-0.2, -0.15) is 0 Å². The lowest BCUT2D eigenvalue weighted by atomic mass is 10.0. The molecule has 0 aliphatic carbocycles.